The van der Waals surface area contributed by atoms with Crippen LogP contribution in [0.1, 0.15) is 11.1 Å². The second-order valence-electron chi connectivity index (χ2n) is 5.34. The molecular formula is C19H19N3O. The van der Waals surface area contributed by atoms with Gasteiger partial charge in [-0.05, 0) is 30.7 Å². The first-order valence-electron chi connectivity index (χ1n) is 7.51. The molecule has 0 fully saturated rings. The van der Waals surface area contributed by atoms with Gasteiger partial charge >= 0.3 is 0 Å². The molecule has 0 amide bonds. The quantitative estimate of drug-likeness (QED) is 0.772. The zero-order valence-electron chi connectivity index (χ0n) is 13.3. The number of nitrogens with zero attached hydrogens (tertiary/aromatic N) is 2. The Balaban J connectivity index is 1.75. The highest BCUT2D eigenvalue weighted by Gasteiger charge is 2.04. The van der Waals surface area contributed by atoms with E-state index in [2.05, 4.69) is 46.5 Å². The summed E-state index contributed by atoms with van der Waals surface area (Å²) in [4.78, 5) is 8.86. The Bertz CT molecular complexity index is 785. The smallest absolute Gasteiger partial charge is 0.223 e. The maximum absolute atomic E-state index is 5.26. The average molecular weight is 305 g/mol. The highest BCUT2D eigenvalue weighted by atomic mass is 16.5. The van der Waals surface area contributed by atoms with Gasteiger partial charge in [-0.2, -0.15) is 0 Å². The van der Waals surface area contributed by atoms with E-state index in [-0.39, 0.29) is 0 Å². The summed E-state index contributed by atoms with van der Waals surface area (Å²) in [6.45, 7) is 2.78. The van der Waals surface area contributed by atoms with Gasteiger partial charge in [0, 0.05) is 18.3 Å². The van der Waals surface area contributed by atoms with Crippen LogP contribution in [-0.4, -0.2) is 17.1 Å². The molecule has 0 saturated heterocycles. The number of ether oxygens (including phenoxy) is 1. The van der Waals surface area contributed by atoms with Crippen molar-refractivity contribution in [2.24, 2.45) is 0 Å². The van der Waals surface area contributed by atoms with Gasteiger partial charge < -0.3 is 10.1 Å². The predicted molar refractivity (Wildman–Crippen MR) is 92.5 cm³/mol. The van der Waals surface area contributed by atoms with Gasteiger partial charge in [0.05, 0.1) is 12.8 Å². The molecule has 0 atom stereocenters. The van der Waals surface area contributed by atoms with Gasteiger partial charge in [-0.25, -0.2) is 9.97 Å². The summed E-state index contributed by atoms with van der Waals surface area (Å²) in [7, 11) is 1.66. The van der Waals surface area contributed by atoms with Crippen molar-refractivity contribution in [2.45, 2.75) is 13.5 Å². The summed E-state index contributed by atoms with van der Waals surface area (Å²) >= 11 is 0. The number of anilines is 1. The number of aromatic nitrogens is 2. The van der Waals surface area contributed by atoms with E-state index in [4.69, 9.17) is 4.74 Å². The SMILES string of the molecule is COc1cccc(-c2ccnc(NCc3ccc(C)cc3)n2)c1. The van der Waals surface area contributed by atoms with Crippen molar-refractivity contribution >= 4 is 5.95 Å². The molecule has 1 N–H and O–H groups in total. The minimum Gasteiger partial charge on any atom is -0.497 e. The molecule has 2 aromatic carbocycles. The third kappa shape index (κ3) is 3.86. The molecule has 1 aromatic heterocycles. The average Bonchev–Trinajstić information content (AvgIpc) is 2.61. The first kappa shape index (κ1) is 15.0. The lowest BCUT2D eigenvalue weighted by Gasteiger charge is -2.08. The minimum atomic E-state index is 0.617. The van der Waals surface area contributed by atoms with Crippen molar-refractivity contribution in [3.63, 3.8) is 0 Å². The normalized spacial score (nSPS) is 10.3. The highest BCUT2D eigenvalue weighted by Crippen LogP contribution is 2.22. The van der Waals surface area contributed by atoms with Crippen molar-refractivity contribution in [1.29, 1.82) is 0 Å². The molecule has 0 saturated carbocycles. The van der Waals surface area contributed by atoms with Crippen molar-refractivity contribution in [3.8, 4) is 17.0 Å². The van der Waals surface area contributed by atoms with Crippen LogP contribution in [0.3, 0.4) is 0 Å². The molecule has 0 bridgehead atoms. The zero-order valence-corrected chi connectivity index (χ0v) is 13.3. The summed E-state index contributed by atoms with van der Waals surface area (Å²) in [6, 6.07) is 18.2. The van der Waals surface area contributed by atoms with Crippen LogP contribution in [0.25, 0.3) is 11.3 Å². The molecule has 0 aliphatic heterocycles. The standard InChI is InChI=1S/C19H19N3O/c1-14-6-8-15(9-7-14)13-21-19-20-11-10-18(22-19)16-4-3-5-17(12-16)23-2/h3-12H,13H2,1-2H3,(H,20,21,22). The molecule has 4 heteroatoms. The van der Waals surface area contributed by atoms with Crippen LogP contribution in [0.15, 0.2) is 60.8 Å². The van der Waals surface area contributed by atoms with E-state index in [0.717, 1.165) is 17.0 Å². The molecule has 3 rings (SSSR count). The molecule has 0 aliphatic rings. The summed E-state index contributed by atoms with van der Waals surface area (Å²) in [5.41, 5.74) is 4.33. The van der Waals surface area contributed by atoms with E-state index >= 15 is 0 Å². The van der Waals surface area contributed by atoms with Crippen LogP contribution < -0.4 is 10.1 Å². The Labute approximate surface area is 136 Å². The van der Waals surface area contributed by atoms with Crippen molar-refractivity contribution in [2.75, 3.05) is 12.4 Å². The Morgan fingerprint density at radius 3 is 2.65 bits per heavy atom. The first-order chi connectivity index (χ1) is 11.2. The molecule has 1 heterocycles. The number of hydrogen-bond acceptors (Lipinski definition) is 4. The Kier molecular flexibility index (Phi) is 4.52. The van der Waals surface area contributed by atoms with Crippen molar-refractivity contribution < 1.29 is 4.74 Å². The first-order valence-corrected chi connectivity index (χ1v) is 7.51. The zero-order chi connectivity index (χ0) is 16.1. The predicted octanol–water partition coefficient (Wildman–Crippen LogP) is 4.07. The molecule has 0 spiro atoms. The van der Waals surface area contributed by atoms with Gasteiger partial charge in [0.1, 0.15) is 5.75 Å². The third-order valence-electron chi connectivity index (χ3n) is 3.59. The number of methoxy groups -OCH3 is 1. The summed E-state index contributed by atoms with van der Waals surface area (Å²) in [5, 5.41) is 3.27. The summed E-state index contributed by atoms with van der Waals surface area (Å²) in [5.74, 6) is 1.43. The molecular weight excluding hydrogens is 286 g/mol. The van der Waals surface area contributed by atoms with E-state index in [1.807, 2.05) is 30.3 Å². The fraction of sp³-hybridized carbons (Fsp3) is 0.158. The fourth-order valence-corrected chi connectivity index (χ4v) is 2.27. The maximum Gasteiger partial charge on any atom is 0.223 e. The van der Waals surface area contributed by atoms with Crippen LogP contribution in [-0.2, 0) is 6.54 Å². The number of benzene rings is 2. The molecule has 116 valence electrons. The maximum atomic E-state index is 5.26. The van der Waals surface area contributed by atoms with Gasteiger partial charge in [0.25, 0.3) is 0 Å². The largest absolute Gasteiger partial charge is 0.497 e. The minimum absolute atomic E-state index is 0.617. The molecule has 23 heavy (non-hydrogen) atoms. The number of nitrogens with one attached hydrogen (secondary N) is 1. The molecule has 0 radical (unpaired) electrons. The summed E-state index contributed by atoms with van der Waals surface area (Å²) in [6.07, 6.45) is 1.76. The van der Waals surface area contributed by atoms with Gasteiger partial charge in [0.15, 0.2) is 0 Å². The van der Waals surface area contributed by atoms with Crippen molar-refractivity contribution in [1.82, 2.24) is 9.97 Å². The topological polar surface area (TPSA) is 47.0 Å². The lowest BCUT2D eigenvalue weighted by atomic mass is 10.1. The third-order valence-corrected chi connectivity index (χ3v) is 3.59. The molecule has 0 aliphatic carbocycles. The second-order valence-corrected chi connectivity index (χ2v) is 5.34. The van der Waals surface area contributed by atoms with Gasteiger partial charge in [-0.1, -0.05) is 42.0 Å². The Morgan fingerprint density at radius 2 is 1.87 bits per heavy atom. The lowest BCUT2D eigenvalue weighted by molar-refractivity contribution is 0.415. The highest BCUT2D eigenvalue weighted by molar-refractivity contribution is 5.61. The van der Waals surface area contributed by atoms with E-state index in [0.29, 0.717) is 12.5 Å². The van der Waals surface area contributed by atoms with E-state index in [1.165, 1.54) is 11.1 Å². The van der Waals surface area contributed by atoms with Gasteiger partial charge in [-0.3, -0.25) is 0 Å². The Morgan fingerprint density at radius 1 is 1.04 bits per heavy atom. The van der Waals surface area contributed by atoms with Crippen LogP contribution >= 0.6 is 0 Å². The Hall–Kier alpha value is -2.88. The monoisotopic (exact) mass is 305 g/mol. The summed E-state index contributed by atoms with van der Waals surface area (Å²) < 4.78 is 5.26. The molecule has 0 unspecified atom stereocenters. The molecule has 4 nitrogen and oxygen atoms in total. The van der Waals surface area contributed by atoms with Crippen LogP contribution in [0.4, 0.5) is 5.95 Å². The van der Waals surface area contributed by atoms with Crippen molar-refractivity contribution in [3.05, 3.63) is 71.9 Å². The van der Waals surface area contributed by atoms with Gasteiger partial charge in [-0.15, -0.1) is 0 Å². The van der Waals surface area contributed by atoms with E-state index in [9.17, 15) is 0 Å². The number of hydrogen-bond donors (Lipinski definition) is 1. The second kappa shape index (κ2) is 6.92. The van der Waals surface area contributed by atoms with E-state index < -0.39 is 0 Å². The van der Waals surface area contributed by atoms with Crippen LogP contribution in [0.2, 0.25) is 0 Å². The fourth-order valence-electron chi connectivity index (χ4n) is 2.27. The van der Waals surface area contributed by atoms with E-state index in [1.54, 1.807) is 13.3 Å². The van der Waals surface area contributed by atoms with Gasteiger partial charge in [0.2, 0.25) is 5.95 Å². The molecule has 3 aromatic rings. The number of aryl methyl sites for hydroxylation is 1. The number of rotatable bonds is 5. The lowest BCUT2D eigenvalue weighted by Crippen LogP contribution is -2.03. The van der Waals surface area contributed by atoms with Crippen LogP contribution in [0, 0.1) is 6.92 Å². The van der Waals surface area contributed by atoms with Crippen LogP contribution in [0.5, 0.6) is 5.75 Å².